The van der Waals surface area contributed by atoms with Gasteiger partial charge in [0.1, 0.15) is 11.8 Å². The van der Waals surface area contributed by atoms with Gasteiger partial charge in [-0.2, -0.15) is 0 Å². The molecule has 0 fully saturated rings. The van der Waals surface area contributed by atoms with Gasteiger partial charge in [0.15, 0.2) is 0 Å². The number of carbonyl (C=O) groups is 1. The van der Waals surface area contributed by atoms with E-state index in [2.05, 4.69) is 10.1 Å². The molecule has 6 nitrogen and oxygen atoms in total. The van der Waals surface area contributed by atoms with E-state index in [1.807, 2.05) is 19.9 Å². The topological polar surface area (TPSA) is 75.7 Å². The average molecular weight is 430 g/mol. The molecule has 0 spiro atoms. The fourth-order valence-corrected chi connectivity index (χ4v) is 4.03. The van der Waals surface area contributed by atoms with Gasteiger partial charge in [0.05, 0.1) is 11.9 Å². The molecule has 0 heterocycles. The first kappa shape index (κ1) is 22.5. The van der Waals surface area contributed by atoms with Crippen molar-refractivity contribution in [3.8, 4) is 5.75 Å². The molecule has 0 saturated heterocycles. The second-order valence-corrected chi connectivity index (χ2v) is 8.50. The average Bonchev–Trinajstić information content (AvgIpc) is 2.53. The number of benzene rings is 2. The van der Waals surface area contributed by atoms with Crippen LogP contribution in [0.2, 0.25) is 0 Å². The maximum atomic E-state index is 12.6. The van der Waals surface area contributed by atoms with E-state index < -0.39 is 34.1 Å². The second-order valence-electron chi connectivity index (χ2n) is 6.64. The Morgan fingerprint density at radius 1 is 1.07 bits per heavy atom. The summed E-state index contributed by atoms with van der Waals surface area (Å²) < 4.78 is 66.1. The summed E-state index contributed by atoms with van der Waals surface area (Å²) in [6.07, 6.45) is -3.82. The van der Waals surface area contributed by atoms with E-state index in [1.165, 1.54) is 19.1 Å². The Morgan fingerprint density at radius 3 is 2.03 bits per heavy atom. The summed E-state index contributed by atoms with van der Waals surface area (Å²) >= 11 is 0. The third kappa shape index (κ3) is 6.38. The molecule has 0 saturated carbocycles. The van der Waals surface area contributed by atoms with E-state index >= 15 is 0 Å². The molecule has 0 aliphatic carbocycles. The van der Waals surface area contributed by atoms with Crippen LogP contribution in [0, 0.1) is 13.8 Å². The molecule has 1 N–H and O–H groups in total. The van der Waals surface area contributed by atoms with Crippen molar-refractivity contribution in [1.82, 2.24) is 0 Å². The van der Waals surface area contributed by atoms with E-state index in [4.69, 9.17) is 0 Å². The molecule has 0 bridgehead atoms. The van der Waals surface area contributed by atoms with Crippen molar-refractivity contribution in [2.75, 3.05) is 15.9 Å². The number of hydrogen-bond donors (Lipinski definition) is 1. The molecule has 0 aliphatic rings. The third-order valence-corrected chi connectivity index (χ3v) is 5.15. The lowest BCUT2D eigenvalue weighted by molar-refractivity contribution is -0.274. The zero-order valence-electron chi connectivity index (χ0n) is 16.2. The third-order valence-electron chi connectivity index (χ3n) is 3.90. The first-order chi connectivity index (χ1) is 13.3. The fraction of sp³-hybridized carbons (Fsp3) is 0.316. The lowest BCUT2D eigenvalue weighted by atomic mass is 10.1. The molecular formula is C19H21F3N2O4S. The van der Waals surface area contributed by atoms with Crippen LogP contribution in [0.25, 0.3) is 0 Å². The van der Waals surface area contributed by atoms with Crippen LogP contribution in [0.5, 0.6) is 5.75 Å². The van der Waals surface area contributed by atoms with E-state index in [9.17, 15) is 26.4 Å². The lowest BCUT2D eigenvalue weighted by Gasteiger charge is -2.28. The standard InChI is InChI=1S/C19H21F3N2O4S/c1-12-9-13(2)11-16(10-12)24(29(4,26)27)14(3)18(25)23-15-5-7-17(8-6-15)28-19(20,21)22/h5-11,14H,1-4H3,(H,23,25)/t14-/m0/s1. The Bertz CT molecular complexity index is 969. The zero-order chi connectivity index (χ0) is 22.0. The highest BCUT2D eigenvalue weighted by Gasteiger charge is 2.31. The summed E-state index contributed by atoms with van der Waals surface area (Å²) in [6.45, 7) is 5.05. The molecule has 2 aromatic carbocycles. The minimum absolute atomic E-state index is 0.199. The first-order valence-electron chi connectivity index (χ1n) is 8.50. The zero-order valence-corrected chi connectivity index (χ0v) is 17.1. The Balaban J connectivity index is 2.23. The number of hydrogen-bond acceptors (Lipinski definition) is 4. The van der Waals surface area contributed by atoms with Gasteiger partial charge in [-0.1, -0.05) is 6.07 Å². The normalized spacial score (nSPS) is 12.9. The summed E-state index contributed by atoms with van der Waals surface area (Å²) in [5.41, 5.74) is 2.22. The molecule has 1 atom stereocenters. The van der Waals surface area contributed by atoms with Crippen LogP contribution in [0.3, 0.4) is 0 Å². The molecule has 0 unspecified atom stereocenters. The first-order valence-corrected chi connectivity index (χ1v) is 10.4. The minimum Gasteiger partial charge on any atom is -0.406 e. The van der Waals surface area contributed by atoms with Gasteiger partial charge >= 0.3 is 6.36 Å². The van der Waals surface area contributed by atoms with Gasteiger partial charge in [-0.3, -0.25) is 9.10 Å². The molecule has 1 amide bonds. The summed E-state index contributed by atoms with van der Waals surface area (Å²) in [4.78, 5) is 12.6. The Hall–Kier alpha value is -2.75. The fourth-order valence-electron chi connectivity index (χ4n) is 2.87. The molecule has 0 aliphatic heterocycles. The molecule has 0 aromatic heterocycles. The number of nitrogens with one attached hydrogen (secondary N) is 1. The number of amides is 1. The molecule has 29 heavy (non-hydrogen) atoms. The van der Waals surface area contributed by atoms with Gasteiger partial charge in [0, 0.05) is 5.69 Å². The number of aryl methyl sites for hydroxylation is 2. The number of carbonyl (C=O) groups excluding carboxylic acids is 1. The van der Waals surface area contributed by atoms with Crippen molar-refractivity contribution in [2.45, 2.75) is 33.2 Å². The number of anilines is 2. The van der Waals surface area contributed by atoms with E-state index in [-0.39, 0.29) is 5.69 Å². The number of halogens is 3. The van der Waals surface area contributed by atoms with Crippen LogP contribution in [0.15, 0.2) is 42.5 Å². The quantitative estimate of drug-likeness (QED) is 0.752. The van der Waals surface area contributed by atoms with Crippen LogP contribution in [0.1, 0.15) is 18.1 Å². The maximum absolute atomic E-state index is 12.6. The minimum atomic E-state index is -4.82. The number of ether oxygens (including phenoxy) is 1. The molecule has 158 valence electrons. The smallest absolute Gasteiger partial charge is 0.406 e. The number of sulfonamides is 1. The molecule has 2 rings (SSSR count). The van der Waals surface area contributed by atoms with Crippen LogP contribution < -0.4 is 14.4 Å². The highest BCUT2D eigenvalue weighted by molar-refractivity contribution is 7.92. The van der Waals surface area contributed by atoms with E-state index in [0.29, 0.717) is 5.69 Å². The number of alkyl halides is 3. The number of rotatable bonds is 6. The van der Waals surface area contributed by atoms with Gasteiger partial charge < -0.3 is 10.1 Å². The molecule has 10 heteroatoms. The summed E-state index contributed by atoms with van der Waals surface area (Å²) in [6, 6.07) is 8.64. The van der Waals surface area contributed by atoms with E-state index in [0.717, 1.165) is 33.8 Å². The van der Waals surface area contributed by atoms with Crippen molar-refractivity contribution in [1.29, 1.82) is 0 Å². The second kappa shape index (κ2) is 8.32. The Labute approximate surface area is 167 Å². The number of nitrogens with zero attached hydrogens (tertiary/aromatic N) is 1. The van der Waals surface area contributed by atoms with Gasteiger partial charge in [0.25, 0.3) is 0 Å². The van der Waals surface area contributed by atoms with Crippen LogP contribution in [-0.2, 0) is 14.8 Å². The molecular weight excluding hydrogens is 409 g/mol. The van der Waals surface area contributed by atoms with Gasteiger partial charge in [-0.05, 0) is 68.3 Å². The lowest BCUT2D eigenvalue weighted by Crippen LogP contribution is -2.45. The molecule has 0 radical (unpaired) electrons. The monoisotopic (exact) mass is 430 g/mol. The van der Waals surface area contributed by atoms with Gasteiger partial charge in [-0.25, -0.2) is 8.42 Å². The predicted octanol–water partition coefficient (Wildman–Crippen LogP) is 4.00. The van der Waals surface area contributed by atoms with Crippen LogP contribution in [-0.4, -0.2) is 33.0 Å². The summed E-state index contributed by atoms with van der Waals surface area (Å²) in [5, 5.41) is 2.50. The van der Waals surface area contributed by atoms with Crippen molar-refractivity contribution in [2.24, 2.45) is 0 Å². The molecule has 2 aromatic rings. The highest BCUT2D eigenvalue weighted by Crippen LogP contribution is 2.26. The van der Waals surface area contributed by atoms with Gasteiger partial charge in [0.2, 0.25) is 15.9 Å². The largest absolute Gasteiger partial charge is 0.573 e. The van der Waals surface area contributed by atoms with Gasteiger partial charge in [-0.15, -0.1) is 13.2 Å². The predicted molar refractivity (Wildman–Crippen MR) is 104 cm³/mol. The Kier molecular flexibility index (Phi) is 6.46. The Morgan fingerprint density at radius 2 is 1.59 bits per heavy atom. The SMILES string of the molecule is Cc1cc(C)cc(N([C@@H](C)C(=O)Nc2ccc(OC(F)(F)F)cc2)S(C)(=O)=O)c1. The van der Waals surface area contributed by atoms with Crippen molar-refractivity contribution >= 4 is 27.3 Å². The van der Waals surface area contributed by atoms with E-state index in [1.54, 1.807) is 12.1 Å². The summed E-state index contributed by atoms with van der Waals surface area (Å²) in [5.74, 6) is -1.07. The summed E-state index contributed by atoms with van der Waals surface area (Å²) in [7, 11) is -3.79. The maximum Gasteiger partial charge on any atom is 0.573 e. The highest BCUT2D eigenvalue weighted by atomic mass is 32.2. The van der Waals surface area contributed by atoms with Crippen LogP contribution >= 0.6 is 0 Å². The van der Waals surface area contributed by atoms with Crippen LogP contribution in [0.4, 0.5) is 24.5 Å². The van der Waals surface area contributed by atoms with Crippen molar-refractivity contribution in [3.63, 3.8) is 0 Å². The van der Waals surface area contributed by atoms with Crippen molar-refractivity contribution in [3.05, 3.63) is 53.6 Å². The van der Waals surface area contributed by atoms with Crippen molar-refractivity contribution < 1.29 is 31.1 Å².